The van der Waals surface area contributed by atoms with Gasteiger partial charge in [0.1, 0.15) is 4.90 Å². The number of halogens is 1. The van der Waals surface area contributed by atoms with Crippen LogP contribution in [0.2, 0.25) is 5.02 Å². The van der Waals surface area contributed by atoms with Crippen LogP contribution in [0.25, 0.3) is 0 Å². The van der Waals surface area contributed by atoms with Crippen molar-refractivity contribution in [2.45, 2.75) is 24.2 Å². The Morgan fingerprint density at radius 1 is 1.00 bits per heavy atom. The zero-order valence-corrected chi connectivity index (χ0v) is 13.3. The minimum Gasteiger partial charge on any atom is -0.264 e. The number of hydrogen-bond donors (Lipinski definition) is 0. The van der Waals surface area contributed by atoms with E-state index in [0.717, 1.165) is 18.4 Å². The van der Waals surface area contributed by atoms with E-state index in [1.165, 1.54) is 29.8 Å². The molecule has 0 heterocycles. The van der Waals surface area contributed by atoms with E-state index in [1.54, 1.807) is 0 Å². The molecule has 1 aliphatic rings. The smallest absolute Gasteiger partial charge is 0.264 e. The van der Waals surface area contributed by atoms with Crippen molar-refractivity contribution in [3.05, 3.63) is 64.7 Å². The number of oxime groups is 1. The quantitative estimate of drug-likeness (QED) is 0.802. The van der Waals surface area contributed by atoms with Crippen LogP contribution in [-0.2, 0) is 20.8 Å². The van der Waals surface area contributed by atoms with Crippen molar-refractivity contribution in [1.29, 1.82) is 0 Å². The number of fused-ring (bicyclic) bond motifs is 1. The lowest BCUT2D eigenvalue weighted by atomic mass is 9.90. The second kappa shape index (κ2) is 6.10. The van der Waals surface area contributed by atoms with E-state index in [0.29, 0.717) is 17.2 Å². The first kappa shape index (κ1) is 15.1. The van der Waals surface area contributed by atoms with E-state index in [4.69, 9.17) is 15.9 Å². The van der Waals surface area contributed by atoms with Gasteiger partial charge in [-0.1, -0.05) is 41.0 Å². The molecule has 0 fully saturated rings. The van der Waals surface area contributed by atoms with Crippen LogP contribution in [0.1, 0.15) is 24.0 Å². The second-order valence-electron chi connectivity index (χ2n) is 5.03. The van der Waals surface area contributed by atoms with Crippen LogP contribution in [0.3, 0.4) is 0 Å². The van der Waals surface area contributed by atoms with Crippen molar-refractivity contribution in [2.24, 2.45) is 5.16 Å². The lowest BCUT2D eigenvalue weighted by Crippen LogP contribution is -2.13. The SMILES string of the molecule is O=S(=O)(O/N=C1/CCCc2ccccc21)c1ccc(Cl)cc1. The van der Waals surface area contributed by atoms with E-state index in [-0.39, 0.29) is 4.90 Å². The molecule has 22 heavy (non-hydrogen) atoms. The Morgan fingerprint density at radius 2 is 1.73 bits per heavy atom. The third-order valence-electron chi connectivity index (χ3n) is 3.54. The third kappa shape index (κ3) is 3.15. The summed E-state index contributed by atoms with van der Waals surface area (Å²) in [6.45, 7) is 0. The molecule has 0 atom stereocenters. The molecule has 0 aromatic heterocycles. The van der Waals surface area contributed by atoms with Gasteiger partial charge in [-0.2, -0.15) is 8.42 Å². The van der Waals surface area contributed by atoms with Gasteiger partial charge in [0.05, 0.1) is 5.71 Å². The molecule has 0 aliphatic heterocycles. The monoisotopic (exact) mass is 335 g/mol. The fourth-order valence-electron chi connectivity index (χ4n) is 2.43. The highest BCUT2D eigenvalue weighted by molar-refractivity contribution is 7.86. The molecule has 114 valence electrons. The van der Waals surface area contributed by atoms with Gasteiger partial charge in [-0.05, 0) is 49.1 Å². The normalized spacial score (nSPS) is 16.3. The standard InChI is InChI=1S/C16H14ClNO3S/c17-13-8-10-14(11-9-13)22(19,20)21-18-16-7-3-5-12-4-1-2-6-15(12)16/h1-2,4,6,8-11H,3,5,7H2/b18-16-. The van der Waals surface area contributed by atoms with E-state index in [2.05, 4.69) is 5.16 Å². The molecule has 6 heteroatoms. The topological polar surface area (TPSA) is 55.7 Å². The summed E-state index contributed by atoms with van der Waals surface area (Å²) in [6, 6.07) is 13.6. The molecule has 2 aromatic rings. The summed E-state index contributed by atoms with van der Waals surface area (Å²) >= 11 is 5.75. The summed E-state index contributed by atoms with van der Waals surface area (Å²) in [7, 11) is -3.93. The largest absolute Gasteiger partial charge is 0.358 e. The highest BCUT2D eigenvalue weighted by Gasteiger charge is 2.19. The maximum Gasteiger partial charge on any atom is 0.358 e. The molecule has 0 N–H and O–H groups in total. The lowest BCUT2D eigenvalue weighted by Gasteiger charge is -2.16. The van der Waals surface area contributed by atoms with Crippen LogP contribution in [0.4, 0.5) is 0 Å². The minimum atomic E-state index is -3.93. The fraction of sp³-hybridized carbons (Fsp3) is 0.188. The summed E-state index contributed by atoms with van der Waals surface area (Å²) in [4.78, 5) is 0.0327. The molecule has 0 amide bonds. The predicted octanol–water partition coefficient (Wildman–Crippen LogP) is 3.79. The van der Waals surface area contributed by atoms with Crippen molar-refractivity contribution in [1.82, 2.24) is 0 Å². The number of nitrogens with zero attached hydrogens (tertiary/aromatic N) is 1. The van der Waals surface area contributed by atoms with Gasteiger partial charge in [0.2, 0.25) is 0 Å². The highest BCUT2D eigenvalue weighted by atomic mass is 35.5. The molecule has 1 aliphatic carbocycles. The fourth-order valence-corrected chi connectivity index (χ4v) is 3.30. The van der Waals surface area contributed by atoms with Gasteiger partial charge in [0.15, 0.2) is 0 Å². The van der Waals surface area contributed by atoms with Crippen molar-refractivity contribution in [3.8, 4) is 0 Å². The third-order valence-corrected chi connectivity index (χ3v) is 4.91. The van der Waals surface area contributed by atoms with Crippen LogP contribution in [-0.4, -0.2) is 14.1 Å². The van der Waals surface area contributed by atoms with Crippen molar-refractivity contribution in [2.75, 3.05) is 0 Å². The Balaban J connectivity index is 1.87. The van der Waals surface area contributed by atoms with E-state index in [1.807, 2.05) is 24.3 Å². The Labute approximate surface area is 134 Å². The number of hydrogen-bond acceptors (Lipinski definition) is 4. The molecular formula is C16H14ClNO3S. The van der Waals surface area contributed by atoms with Gasteiger partial charge in [-0.25, -0.2) is 0 Å². The second-order valence-corrected chi connectivity index (χ2v) is 7.00. The molecule has 4 nitrogen and oxygen atoms in total. The number of aryl methyl sites for hydroxylation is 1. The molecule has 3 rings (SSSR count). The van der Waals surface area contributed by atoms with Crippen LogP contribution in [0.5, 0.6) is 0 Å². The maximum atomic E-state index is 12.1. The molecule has 0 spiro atoms. The van der Waals surface area contributed by atoms with Crippen LogP contribution < -0.4 is 0 Å². The van der Waals surface area contributed by atoms with E-state index < -0.39 is 10.1 Å². The molecule has 0 radical (unpaired) electrons. The van der Waals surface area contributed by atoms with Gasteiger partial charge >= 0.3 is 10.1 Å². The zero-order chi connectivity index (χ0) is 15.6. The Morgan fingerprint density at radius 3 is 2.50 bits per heavy atom. The Bertz CT molecular complexity index is 814. The summed E-state index contributed by atoms with van der Waals surface area (Å²) in [5.41, 5.74) is 2.79. The molecule has 0 saturated carbocycles. The molecule has 0 bridgehead atoms. The van der Waals surface area contributed by atoms with Crippen LogP contribution >= 0.6 is 11.6 Å². The average molecular weight is 336 g/mol. The molecular weight excluding hydrogens is 322 g/mol. The Hall–Kier alpha value is -1.85. The highest BCUT2D eigenvalue weighted by Crippen LogP contribution is 2.23. The maximum absolute atomic E-state index is 12.1. The van der Waals surface area contributed by atoms with Gasteiger partial charge in [-0.15, -0.1) is 0 Å². The van der Waals surface area contributed by atoms with Gasteiger partial charge in [-0.3, -0.25) is 4.28 Å². The van der Waals surface area contributed by atoms with Gasteiger partial charge < -0.3 is 0 Å². The summed E-state index contributed by atoms with van der Waals surface area (Å²) in [5, 5.41) is 4.36. The van der Waals surface area contributed by atoms with Crippen molar-refractivity contribution < 1.29 is 12.7 Å². The summed E-state index contributed by atoms with van der Waals surface area (Å²) in [5.74, 6) is 0. The first-order valence-electron chi connectivity index (χ1n) is 6.91. The molecule has 0 saturated heterocycles. The first-order chi connectivity index (χ1) is 10.6. The Kier molecular flexibility index (Phi) is 4.18. The molecule has 2 aromatic carbocycles. The summed E-state index contributed by atoms with van der Waals surface area (Å²) < 4.78 is 29.1. The first-order valence-corrected chi connectivity index (χ1v) is 8.69. The lowest BCUT2D eigenvalue weighted by molar-refractivity contribution is 0.337. The van der Waals surface area contributed by atoms with E-state index in [9.17, 15) is 8.42 Å². The predicted molar refractivity (Wildman–Crippen MR) is 85.6 cm³/mol. The van der Waals surface area contributed by atoms with Gasteiger partial charge in [0, 0.05) is 10.6 Å². The average Bonchev–Trinajstić information content (AvgIpc) is 2.53. The van der Waals surface area contributed by atoms with Crippen molar-refractivity contribution >= 4 is 27.4 Å². The number of benzene rings is 2. The number of rotatable bonds is 3. The van der Waals surface area contributed by atoms with E-state index >= 15 is 0 Å². The van der Waals surface area contributed by atoms with Gasteiger partial charge in [0.25, 0.3) is 0 Å². The van der Waals surface area contributed by atoms with Crippen molar-refractivity contribution in [3.63, 3.8) is 0 Å². The van der Waals surface area contributed by atoms with Crippen LogP contribution in [0.15, 0.2) is 58.6 Å². The minimum absolute atomic E-state index is 0.0327. The zero-order valence-electron chi connectivity index (χ0n) is 11.7. The molecule has 0 unspecified atom stereocenters. The summed E-state index contributed by atoms with van der Waals surface area (Å²) in [6.07, 6.45) is 2.60. The van der Waals surface area contributed by atoms with Crippen LogP contribution in [0, 0.1) is 0 Å².